The third kappa shape index (κ3) is 3.44. The molecule has 3 aliphatic rings. The van der Waals surface area contributed by atoms with Crippen LogP contribution in [0.4, 0.5) is 0 Å². The molecule has 1 heterocycles. The van der Waals surface area contributed by atoms with Crippen LogP contribution < -0.4 is 5.73 Å². The lowest BCUT2D eigenvalue weighted by Gasteiger charge is -2.50. The minimum absolute atomic E-state index is 0.0223. The molecule has 0 radical (unpaired) electrons. The van der Waals surface area contributed by atoms with E-state index in [4.69, 9.17) is 5.73 Å². The van der Waals surface area contributed by atoms with Crippen LogP contribution in [0.3, 0.4) is 0 Å². The van der Waals surface area contributed by atoms with Crippen LogP contribution in [-0.2, 0) is 16.0 Å². The summed E-state index contributed by atoms with van der Waals surface area (Å²) >= 11 is 2.13. The first kappa shape index (κ1) is 25.4. The number of ketones is 2. The highest BCUT2D eigenvalue weighted by molar-refractivity contribution is 14.1. The van der Waals surface area contributed by atoms with Crippen molar-refractivity contribution < 1.29 is 34.8 Å². The molecule has 0 fully saturated rings. The highest BCUT2D eigenvalue weighted by atomic mass is 127. The molecule has 11 heteroatoms. The summed E-state index contributed by atoms with van der Waals surface area (Å²) in [5, 5.41) is 44.5. The van der Waals surface area contributed by atoms with Gasteiger partial charge in [-0.05, 0) is 84.3 Å². The lowest BCUT2D eigenvalue weighted by Crippen LogP contribution is -2.63. The van der Waals surface area contributed by atoms with Gasteiger partial charge in [-0.2, -0.15) is 0 Å². The molecule has 6 N–H and O–H groups in total. The maximum absolute atomic E-state index is 13.8. The second-order valence-corrected chi connectivity index (χ2v) is 11.0. The Balaban J connectivity index is 1.74. The average molecular weight is 617 g/mol. The second kappa shape index (κ2) is 8.64. The first-order chi connectivity index (χ1) is 17.4. The first-order valence-corrected chi connectivity index (χ1v) is 12.6. The molecule has 10 nitrogen and oxygen atoms in total. The quantitative estimate of drug-likeness (QED) is 0.254. The monoisotopic (exact) mass is 617 g/mol. The number of phenolic OH excluding ortho intramolecular Hbond substituents is 1. The number of aliphatic hydroxyl groups is 3. The molecule has 3 aliphatic carbocycles. The molecule has 0 saturated heterocycles. The number of rotatable bonds is 3. The number of allylic oxidation sites excluding steroid dienone is 1. The Kier molecular flexibility index (Phi) is 5.92. The van der Waals surface area contributed by atoms with E-state index in [1.807, 2.05) is 0 Å². The zero-order chi connectivity index (χ0) is 27.0. The summed E-state index contributed by atoms with van der Waals surface area (Å²) < 4.78 is 0.835. The smallest absolute Gasteiger partial charge is 0.255 e. The molecule has 5 rings (SSSR count). The van der Waals surface area contributed by atoms with Gasteiger partial charge in [0.1, 0.15) is 22.8 Å². The summed E-state index contributed by atoms with van der Waals surface area (Å²) in [6.07, 6.45) is 3.56. The molecule has 0 bridgehead atoms. The predicted octanol–water partition coefficient (Wildman–Crippen LogP) is 1.79. The highest BCUT2D eigenvalue weighted by Gasteiger charge is 2.63. The lowest BCUT2D eigenvalue weighted by atomic mass is 9.58. The SMILES string of the molecule is CN(C)[C@@H]1C(O)=C(C(N)=O)C(=O)[C@@]2(O)C(O)=C3C(=O)c4c(O)ccc(-c5ccncc5I)c4C[C@H]3C[C@@H]12. The molecule has 1 aromatic heterocycles. The van der Waals surface area contributed by atoms with E-state index in [0.717, 1.165) is 14.7 Å². The van der Waals surface area contributed by atoms with E-state index >= 15 is 0 Å². The molecule has 2 aromatic rings. The third-order valence-corrected chi connectivity index (χ3v) is 8.53. The van der Waals surface area contributed by atoms with Crippen molar-refractivity contribution in [3.8, 4) is 16.9 Å². The normalized spacial score (nSPS) is 27.2. The number of aliphatic hydroxyl groups excluding tert-OH is 2. The van der Waals surface area contributed by atoms with Crippen LogP contribution in [0.2, 0.25) is 0 Å². The van der Waals surface area contributed by atoms with Gasteiger partial charge in [0, 0.05) is 27.5 Å². The number of amides is 1. The number of nitrogens with two attached hydrogens (primary N) is 1. The number of nitrogens with zero attached hydrogens (tertiary/aromatic N) is 2. The van der Waals surface area contributed by atoms with E-state index in [0.29, 0.717) is 5.56 Å². The maximum atomic E-state index is 13.8. The van der Waals surface area contributed by atoms with Crippen LogP contribution in [0.1, 0.15) is 22.3 Å². The van der Waals surface area contributed by atoms with E-state index < -0.39 is 58.0 Å². The van der Waals surface area contributed by atoms with E-state index in [2.05, 4.69) is 27.6 Å². The van der Waals surface area contributed by atoms with Gasteiger partial charge in [-0.15, -0.1) is 0 Å². The van der Waals surface area contributed by atoms with Gasteiger partial charge in [-0.3, -0.25) is 24.3 Å². The molecular formula is C26H24IN3O7. The number of hydrogen-bond donors (Lipinski definition) is 5. The van der Waals surface area contributed by atoms with E-state index in [-0.39, 0.29) is 29.7 Å². The maximum Gasteiger partial charge on any atom is 0.255 e. The van der Waals surface area contributed by atoms with Gasteiger partial charge >= 0.3 is 0 Å². The minimum atomic E-state index is -2.65. The van der Waals surface area contributed by atoms with E-state index in [1.54, 1.807) is 38.6 Å². The first-order valence-electron chi connectivity index (χ1n) is 11.5. The fourth-order valence-corrected chi connectivity index (χ4v) is 6.73. The lowest BCUT2D eigenvalue weighted by molar-refractivity contribution is -0.148. The van der Waals surface area contributed by atoms with Crippen LogP contribution >= 0.6 is 22.6 Å². The molecule has 1 aromatic carbocycles. The number of benzene rings is 1. The number of pyridine rings is 1. The summed E-state index contributed by atoms with van der Waals surface area (Å²) in [7, 11) is 3.18. The zero-order valence-corrected chi connectivity index (χ0v) is 22.1. The van der Waals surface area contributed by atoms with Crippen LogP contribution in [0.5, 0.6) is 5.75 Å². The molecule has 0 spiro atoms. The number of aromatic nitrogens is 1. The summed E-state index contributed by atoms with van der Waals surface area (Å²) in [4.78, 5) is 44.8. The Morgan fingerprint density at radius 1 is 1.16 bits per heavy atom. The van der Waals surface area contributed by atoms with Gasteiger partial charge < -0.3 is 26.2 Å². The fourth-order valence-electron chi connectivity index (χ4n) is 6.10. The van der Waals surface area contributed by atoms with Crippen molar-refractivity contribution in [2.24, 2.45) is 17.6 Å². The van der Waals surface area contributed by atoms with Gasteiger partial charge in [-0.25, -0.2) is 0 Å². The Labute approximate surface area is 225 Å². The summed E-state index contributed by atoms with van der Waals surface area (Å²) in [6.45, 7) is 0. The van der Waals surface area contributed by atoms with Crippen molar-refractivity contribution in [2.75, 3.05) is 14.1 Å². The van der Waals surface area contributed by atoms with Crippen molar-refractivity contribution in [2.45, 2.75) is 24.5 Å². The summed E-state index contributed by atoms with van der Waals surface area (Å²) in [5.41, 5.74) is 3.77. The van der Waals surface area contributed by atoms with Crippen LogP contribution in [0, 0.1) is 15.4 Å². The minimum Gasteiger partial charge on any atom is -0.510 e. The Morgan fingerprint density at radius 2 is 1.86 bits per heavy atom. The second-order valence-electron chi connectivity index (χ2n) is 9.80. The molecule has 4 atom stereocenters. The standard InChI is InChI=1S/C26H24IN3O7/c1-30(2)20-14-8-10-7-13-11(12-5-6-29-9-15(12)27)3-4-16(31)18(13)21(32)17(10)23(34)26(14,37)24(35)19(22(20)33)25(28)36/h3-6,9-10,14,20,31,33-34,37H,7-8H2,1-2H3,(H2,28,36)/t10-,14-,20-,26-/m0/s1. The molecule has 192 valence electrons. The molecule has 0 saturated carbocycles. The topological polar surface area (TPSA) is 174 Å². The molecular weight excluding hydrogens is 593 g/mol. The number of carbonyl (C=O) groups is 3. The summed E-state index contributed by atoms with van der Waals surface area (Å²) in [6, 6.07) is 3.88. The zero-order valence-electron chi connectivity index (χ0n) is 19.9. The number of hydrogen-bond acceptors (Lipinski definition) is 9. The number of aromatic hydroxyl groups is 1. The van der Waals surface area contributed by atoms with Crippen molar-refractivity contribution in [3.05, 3.63) is 68.0 Å². The van der Waals surface area contributed by atoms with Gasteiger partial charge in [0.25, 0.3) is 5.91 Å². The number of fused-ring (bicyclic) bond motifs is 3. The fraction of sp³-hybridized carbons (Fsp3) is 0.308. The van der Waals surface area contributed by atoms with Crippen LogP contribution in [0.25, 0.3) is 11.1 Å². The average Bonchev–Trinajstić information content (AvgIpc) is 2.82. The van der Waals surface area contributed by atoms with E-state index in [1.165, 1.54) is 11.0 Å². The van der Waals surface area contributed by atoms with Crippen LogP contribution in [-0.4, -0.2) is 73.5 Å². The van der Waals surface area contributed by atoms with Gasteiger partial charge in [0.2, 0.25) is 5.78 Å². The van der Waals surface area contributed by atoms with Gasteiger partial charge in [0.15, 0.2) is 11.4 Å². The Morgan fingerprint density at radius 3 is 2.49 bits per heavy atom. The van der Waals surface area contributed by atoms with Crippen molar-refractivity contribution in [1.29, 1.82) is 0 Å². The van der Waals surface area contributed by atoms with Crippen LogP contribution in [0.15, 0.2) is 53.3 Å². The Hall–Kier alpha value is -3.29. The summed E-state index contributed by atoms with van der Waals surface area (Å²) in [5.74, 6) is -6.70. The Bertz CT molecular complexity index is 1460. The largest absolute Gasteiger partial charge is 0.510 e. The number of primary amides is 1. The molecule has 0 aliphatic heterocycles. The van der Waals surface area contributed by atoms with Crippen molar-refractivity contribution in [3.63, 3.8) is 0 Å². The molecule has 0 unspecified atom stereocenters. The number of likely N-dealkylation sites (N-methyl/N-ethyl adjacent to an activating group) is 1. The van der Waals surface area contributed by atoms with E-state index in [9.17, 15) is 34.8 Å². The highest BCUT2D eigenvalue weighted by Crippen LogP contribution is 2.53. The van der Waals surface area contributed by atoms with Crippen molar-refractivity contribution >= 4 is 40.1 Å². The molecule has 37 heavy (non-hydrogen) atoms. The van der Waals surface area contributed by atoms with Gasteiger partial charge in [0.05, 0.1) is 11.6 Å². The molecule has 1 amide bonds. The number of carbonyl (C=O) groups excluding carboxylic acids is 3. The third-order valence-electron chi connectivity index (χ3n) is 7.67. The number of halogens is 1. The number of phenols is 1. The predicted molar refractivity (Wildman–Crippen MR) is 140 cm³/mol. The van der Waals surface area contributed by atoms with Crippen molar-refractivity contribution in [1.82, 2.24) is 9.88 Å². The number of Topliss-reactive ketones (excluding diaryl/α,β-unsaturated/α-hetero) is 2. The van der Waals surface area contributed by atoms with Gasteiger partial charge in [-0.1, -0.05) is 6.07 Å².